The number of rotatable bonds is 8. The third kappa shape index (κ3) is 7.35. The maximum atomic E-state index is 14.3. The van der Waals surface area contributed by atoms with Crippen LogP contribution in [0.25, 0.3) is 0 Å². The Kier molecular flexibility index (Phi) is 11.6. The highest BCUT2D eigenvalue weighted by Gasteiger charge is 2.64. The Balaban J connectivity index is 1.56. The predicted octanol–water partition coefficient (Wildman–Crippen LogP) is 3.67. The van der Waals surface area contributed by atoms with Gasteiger partial charge < -0.3 is 53.0 Å². The number of methoxy groups -OCH3 is 1. The minimum Gasteiger partial charge on any atom is -0.459 e. The summed E-state index contributed by atoms with van der Waals surface area (Å²) in [6.45, 7) is 19.9. The van der Waals surface area contributed by atoms with Gasteiger partial charge in [0.1, 0.15) is 23.9 Å². The quantitative estimate of drug-likeness (QED) is 0.283. The Morgan fingerprint density at radius 1 is 0.939 bits per heavy atom. The summed E-state index contributed by atoms with van der Waals surface area (Å²) in [4.78, 5) is 16.3. The molecule has 0 spiro atoms. The smallest absolute Gasteiger partial charge is 0.311 e. The summed E-state index contributed by atoms with van der Waals surface area (Å²) >= 11 is 0. The van der Waals surface area contributed by atoms with Gasteiger partial charge in [0.2, 0.25) is 0 Å². The lowest BCUT2D eigenvalue weighted by Crippen LogP contribution is -2.60. The first kappa shape index (κ1) is 39.3. The summed E-state index contributed by atoms with van der Waals surface area (Å²) in [5.41, 5.74) is -2.39. The second kappa shape index (κ2) is 14.5. The molecule has 0 aromatic heterocycles. The van der Waals surface area contributed by atoms with Gasteiger partial charge in [0.15, 0.2) is 12.6 Å². The van der Waals surface area contributed by atoms with E-state index in [0.717, 1.165) is 6.42 Å². The van der Waals surface area contributed by atoms with Crippen molar-refractivity contribution in [3.63, 3.8) is 0 Å². The van der Waals surface area contributed by atoms with E-state index in [2.05, 4.69) is 27.7 Å². The van der Waals surface area contributed by atoms with E-state index in [1.807, 2.05) is 53.6 Å². The minimum atomic E-state index is -0.932. The normalized spacial score (nSPS) is 54.0. The van der Waals surface area contributed by atoms with Gasteiger partial charge in [-0.3, -0.25) is 4.79 Å². The number of hydrogen-bond acceptors (Lipinski definition) is 12. The molecule has 8 unspecified atom stereocenters. The molecule has 19 atom stereocenters. The number of cyclic esters (lactones) is 1. The van der Waals surface area contributed by atoms with Gasteiger partial charge in [-0.2, -0.15) is 0 Å². The van der Waals surface area contributed by atoms with Gasteiger partial charge >= 0.3 is 5.97 Å². The average molecular weight is 700 g/mol. The molecule has 0 aromatic carbocycles. The molecule has 0 aromatic rings. The van der Waals surface area contributed by atoms with Crippen LogP contribution in [-0.2, 0) is 42.7 Å². The van der Waals surface area contributed by atoms with Crippen molar-refractivity contribution in [3.05, 3.63) is 0 Å². The number of likely N-dealkylation sites (N-methyl/N-ethyl adjacent to an activating group) is 1. The molecule has 5 saturated heterocycles. The largest absolute Gasteiger partial charge is 0.459 e. The second-order valence-corrected chi connectivity index (χ2v) is 16.8. The molecular formula is C37H65NO11. The lowest BCUT2D eigenvalue weighted by Gasteiger charge is -2.48. The number of carbonyl (C=O) groups excluding carboxylic acids is 1. The van der Waals surface area contributed by atoms with Crippen molar-refractivity contribution in [1.82, 2.24) is 4.90 Å². The van der Waals surface area contributed by atoms with Gasteiger partial charge in [0.05, 0.1) is 53.7 Å². The van der Waals surface area contributed by atoms with E-state index in [1.165, 1.54) is 0 Å². The lowest BCUT2D eigenvalue weighted by atomic mass is 9.77. The molecule has 0 amide bonds. The van der Waals surface area contributed by atoms with Crippen molar-refractivity contribution >= 4 is 5.97 Å². The first-order valence-electron chi connectivity index (χ1n) is 18.6. The van der Waals surface area contributed by atoms with Crippen LogP contribution in [0.5, 0.6) is 0 Å². The zero-order valence-corrected chi connectivity index (χ0v) is 32.1. The molecule has 0 radical (unpaired) electrons. The molecule has 12 heteroatoms. The average Bonchev–Trinajstić information content (AvgIpc) is 3.62. The zero-order chi connectivity index (χ0) is 36.4. The van der Waals surface area contributed by atoms with Crippen LogP contribution in [0, 0.1) is 23.7 Å². The van der Waals surface area contributed by atoms with Crippen molar-refractivity contribution in [3.8, 4) is 0 Å². The summed E-state index contributed by atoms with van der Waals surface area (Å²) in [6, 6.07) is -0.168. The van der Waals surface area contributed by atoms with Crippen molar-refractivity contribution in [1.29, 1.82) is 0 Å². The summed E-state index contributed by atoms with van der Waals surface area (Å²) in [5.74, 6) is -1.68. The number of hydrogen-bond donors (Lipinski definition) is 2. The van der Waals surface area contributed by atoms with Crippen molar-refractivity contribution in [2.24, 2.45) is 23.7 Å². The molecular weight excluding hydrogens is 634 g/mol. The van der Waals surface area contributed by atoms with Crippen molar-refractivity contribution < 1.29 is 52.9 Å². The van der Waals surface area contributed by atoms with Crippen molar-refractivity contribution in [2.75, 3.05) is 21.2 Å². The van der Waals surface area contributed by atoms with E-state index < -0.39 is 83.8 Å². The highest BCUT2D eigenvalue weighted by molar-refractivity contribution is 5.73. The van der Waals surface area contributed by atoms with Gasteiger partial charge in [0, 0.05) is 31.4 Å². The Bertz CT molecular complexity index is 1160. The standard InChI is InChI=1S/C37H65NO11/c1-14-25-37(10,48-25)32-20(4)28-18(2)16-36(9,49-28)31(47-34-27(39)24(38(11)12)15-19(3)43-34)21(5)29(22(6)33(41)46-32)45-26-17-35(8,42-13)30(40)23(7)44-26/h18-32,34,39-40H,14-17H2,1-13H3/t18?,19?,20-,21-,22+,23?,24?,25-,26-,27?,28?,29-,30-,31+,32+,34-,35?,36?,37+/m0/s1. The first-order valence-corrected chi connectivity index (χ1v) is 18.6. The number of nitrogens with zero attached hydrogens (tertiary/aromatic N) is 1. The van der Waals surface area contributed by atoms with Crippen molar-refractivity contribution in [2.45, 2.75) is 185 Å². The number of fused-ring (bicyclic) bond motifs is 2. The molecule has 49 heavy (non-hydrogen) atoms. The number of esters is 1. The fourth-order valence-corrected chi connectivity index (χ4v) is 9.60. The molecule has 5 aliphatic rings. The maximum absolute atomic E-state index is 14.3. The third-order valence-electron chi connectivity index (χ3n) is 12.6. The predicted molar refractivity (Wildman–Crippen MR) is 181 cm³/mol. The summed E-state index contributed by atoms with van der Waals surface area (Å²) in [5, 5.41) is 22.5. The summed E-state index contributed by atoms with van der Waals surface area (Å²) < 4.78 is 51.9. The molecule has 0 saturated carbocycles. The second-order valence-electron chi connectivity index (χ2n) is 16.8. The van der Waals surface area contributed by atoms with Crippen LogP contribution in [0.4, 0.5) is 0 Å². The zero-order valence-electron chi connectivity index (χ0n) is 32.1. The Morgan fingerprint density at radius 2 is 1.61 bits per heavy atom. The third-order valence-corrected chi connectivity index (χ3v) is 12.6. The Morgan fingerprint density at radius 3 is 2.20 bits per heavy atom. The van der Waals surface area contributed by atoms with Gasteiger partial charge in [-0.05, 0) is 80.8 Å². The van der Waals surface area contributed by atoms with Crippen LogP contribution >= 0.6 is 0 Å². The van der Waals surface area contributed by atoms with E-state index in [-0.39, 0.29) is 42.6 Å². The highest BCUT2D eigenvalue weighted by atomic mass is 16.7. The molecule has 5 rings (SSSR count). The highest BCUT2D eigenvalue weighted by Crippen LogP contribution is 2.52. The maximum Gasteiger partial charge on any atom is 0.311 e. The van der Waals surface area contributed by atoms with Gasteiger partial charge in [0.25, 0.3) is 0 Å². The number of aliphatic hydroxyl groups excluding tert-OH is 2. The number of carbonyl (C=O) groups is 1. The molecule has 284 valence electrons. The fraction of sp³-hybridized carbons (Fsp3) is 0.973. The van der Waals surface area contributed by atoms with Gasteiger partial charge in [-0.25, -0.2) is 0 Å². The van der Waals surface area contributed by atoms with Crippen LogP contribution in [0.2, 0.25) is 0 Å². The van der Waals surface area contributed by atoms with E-state index >= 15 is 0 Å². The monoisotopic (exact) mass is 699 g/mol. The SMILES string of the molecule is CC[C@@H]1O[C@@]1(C)[C@@H]1OC(=O)[C@H](C)[C@@H](O[C@H]2CC(C)(OC)[C@@H](O)C(C)O2)[C@H](C)[C@@H](O[C@@H]2OC(C)CC(N(C)C)C2O)C2(C)CC(C)C(O2)[C@@H]1C. The van der Waals surface area contributed by atoms with E-state index in [0.29, 0.717) is 12.8 Å². The molecule has 0 aliphatic carbocycles. The molecule has 2 N–H and O–H groups in total. The Hall–Kier alpha value is -0.930. The molecule has 2 bridgehead atoms. The fourth-order valence-electron chi connectivity index (χ4n) is 9.60. The van der Waals surface area contributed by atoms with Crippen LogP contribution < -0.4 is 0 Å². The van der Waals surface area contributed by atoms with E-state index in [4.69, 9.17) is 37.9 Å². The molecule has 12 nitrogen and oxygen atoms in total. The number of ether oxygens (including phenoxy) is 8. The van der Waals surface area contributed by atoms with E-state index in [9.17, 15) is 15.0 Å². The molecule has 5 aliphatic heterocycles. The molecule has 5 heterocycles. The topological polar surface area (TPSA) is 138 Å². The van der Waals surface area contributed by atoms with Crippen LogP contribution in [0.1, 0.15) is 94.9 Å². The summed E-state index contributed by atoms with van der Waals surface area (Å²) in [7, 11) is 5.46. The van der Waals surface area contributed by atoms with Gasteiger partial charge in [-0.1, -0.05) is 27.7 Å². The van der Waals surface area contributed by atoms with Crippen LogP contribution in [-0.4, -0.2) is 133 Å². The van der Waals surface area contributed by atoms with E-state index in [1.54, 1.807) is 14.0 Å². The Labute approximate surface area is 293 Å². The van der Waals surface area contributed by atoms with Crippen LogP contribution in [0.3, 0.4) is 0 Å². The number of epoxide rings is 1. The van der Waals surface area contributed by atoms with Crippen LogP contribution in [0.15, 0.2) is 0 Å². The number of aliphatic hydroxyl groups is 2. The van der Waals surface area contributed by atoms with Gasteiger partial charge in [-0.15, -0.1) is 0 Å². The summed E-state index contributed by atoms with van der Waals surface area (Å²) in [6.07, 6.45) is -4.08. The lowest BCUT2D eigenvalue weighted by molar-refractivity contribution is -0.318. The first-order chi connectivity index (χ1) is 22.8. The molecule has 5 fully saturated rings. The minimum absolute atomic E-state index is 0.0230.